The van der Waals surface area contributed by atoms with Crippen LogP contribution in [0.4, 0.5) is 0 Å². The van der Waals surface area contributed by atoms with Crippen LogP contribution in [0.2, 0.25) is 0 Å². The molecule has 132 valence electrons. The summed E-state index contributed by atoms with van der Waals surface area (Å²) in [5, 5.41) is 19.7. The predicted molar refractivity (Wildman–Crippen MR) is 69.2 cm³/mol. The molecule has 0 heterocycles. The summed E-state index contributed by atoms with van der Waals surface area (Å²) < 4.78 is 44.3. The van der Waals surface area contributed by atoms with Crippen LogP contribution >= 0.6 is 23.5 Å². The van der Waals surface area contributed by atoms with Crippen LogP contribution in [0.15, 0.2) is 0 Å². The highest BCUT2D eigenvalue weighted by Crippen LogP contribution is 2.66. The normalized spacial score (nSPS) is 35.0. The first kappa shape index (κ1) is 20.4. The van der Waals surface area contributed by atoms with Crippen molar-refractivity contribution in [1.29, 1.82) is 0 Å². The van der Waals surface area contributed by atoms with Crippen molar-refractivity contribution in [1.82, 2.24) is 0 Å². The topological polar surface area (TPSA) is 200 Å². The van der Waals surface area contributed by atoms with E-state index in [4.69, 9.17) is 14.7 Å². The summed E-state index contributed by atoms with van der Waals surface area (Å²) in [4.78, 5) is 34.9. The first-order chi connectivity index (χ1) is 9.64. The van der Waals surface area contributed by atoms with Crippen LogP contribution in [0.1, 0.15) is 19.8 Å². The molecule has 5 atom stereocenters. The van der Waals surface area contributed by atoms with Gasteiger partial charge in [0, 0.05) is 0 Å². The Hall–Kier alpha value is 0.330. The minimum atomic E-state index is -5.59. The third kappa shape index (κ3) is 6.45. The Morgan fingerprint density at radius 3 is 2.05 bits per heavy atom. The number of rotatable bonds is 7. The van der Waals surface area contributed by atoms with E-state index < -0.39 is 41.8 Å². The average Bonchev–Trinajstić information content (AvgIpc) is 2.45. The van der Waals surface area contributed by atoms with Gasteiger partial charge < -0.3 is 29.8 Å². The van der Waals surface area contributed by atoms with E-state index in [9.17, 15) is 28.8 Å². The van der Waals surface area contributed by atoms with Gasteiger partial charge in [-0.3, -0.25) is 4.52 Å². The van der Waals surface area contributed by atoms with Gasteiger partial charge >= 0.3 is 23.5 Å². The molecule has 0 bridgehead atoms. The number of aliphatic hydroxyl groups excluding tert-OH is 1. The summed E-state index contributed by atoms with van der Waals surface area (Å²) in [7, 11) is -16.3. The van der Waals surface area contributed by atoms with Crippen molar-refractivity contribution in [3.63, 3.8) is 0 Å². The van der Waals surface area contributed by atoms with Crippen molar-refractivity contribution in [3.8, 4) is 0 Å². The van der Waals surface area contributed by atoms with E-state index >= 15 is 0 Å². The lowest BCUT2D eigenvalue weighted by Crippen LogP contribution is -2.41. The molecule has 1 fully saturated rings. The summed E-state index contributed by atoms with van der Waals surface area (Å²) in [5.74, 6) is -0.0930. The zero-order chi connectivity index (χ0) is 17.4. The molecule has 0 spiro atoms. The summed E-state index contributed by atoms with van der Waals surface area (Å²) in [5.41, 5.74) is -1.86. The fourth-order valence-corrected chi connectivity index (χ4v) is 5.16. The predicted octanol–water partition coefficient (Wildman–Crippen LogP) is -0.148. The molecule has 0 aliphatic heterocycles. The lowest BCUT2D eigenvalue weighted by atomic mass is 10.0. The molecule has 0 radical (unpaired) electrons. The van der Waals surface area contributed by atoms with Crippen molar-refractivity contribution in [2.45, 2.75) is 31.5 Å². The smallest absolute Gasteiger partial charge is 0.390 e. The van der Waals surface area contributed by atoms with Gasteiger partial charge in [0.15, 0.2) is 0 Å². The molecule has 6 N–H and O–H groups in total. The maximum atomic E-state index is 11.5. The van der Waals surface area contributed by atoms with Crippen LogP contribution < -0.4 is 0 Å². The van der Waals surface area contributed by atoms with Gasteiger partial charge in [0.1, 0.15) is 5.60 Å². The first-order valence-corrected chi connectivity index (χ1v) is 10.4. The highest BCUT2D eigenvalue weighted by molar-refractivity contribution is 7.66. The molecule has 0 aromatic carbocycles. The Bertz CT molecular complexity index is 543. The van der Waals surface area contributed by atoms with Gasteiger partial charge in [-0.15, -0.1) is 0 Å². The van der Waals surface area contributed by atoms with Gasteiger partial charge in [0.05, 0.1) is 12.7 Å². The van der Waals surface area contributed by atoms with Crippen molar-refractivity contribution in [3.05, 3.63) is 0 Å². The van der Waals surface area contributed by atoms with Gasteiger partial charge in [0.25, 0.3) is 0 Å². The number of hydrogen-bond donors (Lipinski definition) is 6. The van der Waals surface area contributed by atoms with Crippen molar-refractivity contribution in [2.24, 2.45) is 5.92 Å². The standard InChI is InChI=1S/C7H17O12P3/c1-5-2-6(8)7(9,3-5)4-17-21(13,14)19-22(15,16)18-20(10,11)12/h5-6,8-9H,2-4H2,1H3,(H,13,14)(H,15,16)(H2,10,11,12)/t5-,6?,7-/m0/s1. The van der Waals surface area contributed by atoms with E-state index in [1.54, 1.807) is 6.92 Å². The number of phosphoric ester groups is 1. The molecule has 0 saturated heterocycles. The maximum absolute atomic E-state index is 11.5. The maximum Gasteiger partial charge on any atom is 0.490 e. The van der Waals surface area contributed by atoms with Crippen LogP contribution in [-0.4, -0.2) is 48.1 Å². The first-order valence-electron chi connectivity index (χ1n) is 5.83. The molecule has 22 heavy (non-hydrogen) atoms. The summed E-state index contributed by atoms with van der Waals surface area (Å²) in [6.07, 6.45) is -0.977. The van der Waals surface area contributed by atoms with Gasteiger partial charge in [-0.1, -0.05) is 6.92 Å². The summed E-state index contributed by atoms with van der Waals surface area (Å²) in [6.45, 7) is 0.814. The van der Waals surface area contributed by atoms with Crippen LogP contribution in [-0.2, 0) is 26.8 Å². The fourth-order valence-electron chi connectivity index (χ4n) is 2.08. The monoisotopic (exact) mass is 386 g/mol. The van der Waals surface area contributed by atoms with Gasteiger partial charge in [-0.05, 0) is 18.8 Å². The Morgan fingerprint density at radius 2 is 1.64 bits per heavy atom. The zero-order valence-electron chi connectivity index (χ0n) is 11.3. The van der Waals surface area contributed by atoms with Crippen molar-refractivity contribution >= 4 is 23.5 Å². The lowest BCUT2D eigenvalue weighted by Gasteiger charge is -2.27. The van der Waals surface area contributed by atoms with Crippen LogP contribution in [0.3, 0.4) is 0 Å². The molecule has 0 amide bonds. The molecular formula is C7H17O12P3. The van der Waals surface area contributed by atoms with Crippen LogP contribution in [0, 0.1) is 5.92 Å². The summed E-state index contributed by atoms with van der Waals surface area (Å²) in [6, 6.07) is 0. The van der Waals surface area contributed by atoms with Crippen LogP contribution in [0.5, 0.6) is 0 Å². The highest BCUT2D eigenvalue weighted by atomic mass is 31.3. The van der Waals surface area contributed by atoms with Gasteiger partial charge in [0.2, 0.25) is 0 Å². The number of phosphoric acid groups is 3. The molecule has 15 heteroatoms. The minimum absolute atomic E-state index is 0.0456. The number of hydrogen-bond acceptors (Lipinski definition) is 8. The molecule has 1 saturated carbocycles. The Labute approximate surface area is 125 Å². The van der Waals surface area contributed by atoms with E-state index in [2.05, 4.69) is 13.1 Å². The Kier molecular flexibility index (Phi) is 6.19. The van der Waals surface area contributed by atoms with Crippen molar-refractivity contribution < 1.29 is 56.6 Å². The largest absolute Gasteiger partial charge is 0.490 e. The second-order valence-corrected chi connectivity index (χ2v) is 9.45. The Morgan fingerprint density at radius 1 is 1.09 bits per heavy atom. The summed E-state index contributed by atoms with van der Waals surface area (Å²) >= 11 is 0. The lowest BCUT2D eigenvalue weighted by molar-refractivity contribution is -0.0835. The fraction of sp³-hybridized carbons (Fsp3) is 1.00. The quantitative estimate of drug-likeness (QED) is 0.317. The van der Waals surface area contributed by atoms with E-state index in [0.717, 1.165) is 0 Å². The highest BCUT2D eigenvalue weighted by Gasteiger charge is 2.47. The SMILES string of the molecule is C[C@H]1CC(O)[C@@](O)(COP(=O)(O)OP(=O)(O)OP(=O)(O)O)C1. The second-order valence-electron chi connectivity index (χ2n) is 5.03. The van der Waals surface area contributed by atoms with Crippen LogP contribution in [0.25, 0.3) is 0 Å². The van der Waals surface area contributed by atoms with Gasteiger partial charge in [-0.25, -0.2) is 13.7 Å². The second kappa shape index (κ2) is 6.68. The van der Waals surface area contributed by atoms with E-state index in [1.807, 2.05) is 0 Å². The van der Waals surface area contributed by atoms with E-state index in [-0.39, 0.29) is 18.8 Å². The molecular weight excluding hydrogens is 369 g/mol. The molecule has 1 aliphatic rings. The average molecular weight is 386 g/mol. The molecule has 1 rings (SSSR count). The number of aliphatic hydroxyl groups is 2. The van der Waals surface area contributed by atoms with E-state index in [1.165, 1.54) is 0 Å². The van der Waals surface area contributed by atoms with E-state index in [0.29, 0.717) is 0 Å². The third-order valence-electron chi connectivity index (χ3n) is 2.84. The molecule has 0 aromatic rings. The minimum Gasteiger partial charge on any atom is -0.390 e. The van der Waals surface area contributed by atoms with Gasteiger partial charge in [-0.2, -0.15) is 8.62 Å². The molecule has 12 nitrogen and oxygen atoms in total. The molecule has 1 aliphatic carbocycles. The molecule has 0 aromatic heterocycles. The zero-order valence-corrected chi connectivity index (χ0v) is 13.9. The Balaban J connectivity index is 2.67. The van der Waals surface area contributed by atoms with Crippen molar-refractivity contribution in [2.75, 3.05) is 6.61 Å². The third-order valence-corrected chi connectivity index (χ3v) is 6.62. The molecule has 3 unspecified atom stereocenters.